The minimum Gasteiger partial charge on any atom is -0.300 e. The predicted octanol–water partition coefficient (Wildman–Crippen LogP) is 1.60. The maximum Gasteiger partial charge on any atom is 0.231 e. The molecule has 0 aromatic carbocycles. The first-order chi connectivity index (χ1) is 8.16. The summed E-state index contributed by atoms with van der Waals surface area (Å²) in [5.41, 5.74) is 0. The molecule has 3 rings (SSSR count). The number of carbonyl (C=O) groups excluding carboxylic acids is 1. The number of carbonyl (C=O) groups is 1. The first-order valence-electron chi connectivity index (χ1n) is 6.10. The third-order valence-corrected chi connectivity index (χ3v) is 4.07. The number of hydrogen-bond acceptors (Lipinski definition) is 2. The molecule has 17 heavy (non-hydrogen) atoms. The summed E-state index contributed by atoms with van der Waals surface area (Å²) < 4.78 is 1.74. The van der Waals surface area contributed by atoms with Crippen molar-refractivity contribution in [1.29, 1.82) is 0 Å². The van der Waals surface area contributed by atoms with Crippen LogP contribution in [0, 0.1) is 17.8 Å². The Kier molecular flexibility index (Phi) is 2.31. The van der Waals surface area contributed by atoms with Gasteiger partial charge in [0.05, 0.1) is 6.20 Å². The summed E-state index contributed by atoms with van der Waals surface area (Å²) in [5, 5.41) is 4.10. The van der Waals surface area contributed by atoms with Crippen molar-refractivity contribution >= 4 is 11.7 Å². The molecule has 0 spiro atoms. The van der Waals surface area contributed by atoms with Gasteiger partial charge in [0.25, 0.3) is 0 Å². The number of aromatic nitrogens is 2. The lowest BCUT2D eigenvalue weighted by atomic mass is 9.92. The maximum absolute atomic E-state index is 12.4. The Morgan fingerprint density at radius 3 is 2.82 bits per heavy atom. The summed E-state index contributed by atoms with van der Waals surface area (Å²) in [6.45, 7) is 0. The molecule has 0 saturated heterocycles. The summed E-state index contributed by atoms with van der Waals surface area (Å²) >= 11 is 0. The number of allylic oxidation sites excluding steroid dienone is 2. The lowest BCUT2D eigenvalue weighted by Crippen LogP contribution is -2.35. The number of hydrogen-bond donors (Lipinski definition) is 0. The number of anilines is 1. The van der Waals surface area contributed by atoms with Gasteiger partial charge in [0.1, 0.15) is 5.82 Å². The van der Waals surface area contributed by atoms with Crippen LogP contribution in [0.25, 0.3) is 0 Å². The van der Waals surface area contributed by atoms with E-state index in [1.165, 1.54) is 0 Å². The third-order valence-electron chi connectivity index (χ3n) is 4.07. The van der Waals surface area contributed by atoms with Gasteiger partial charge in [0.2, 0.25) is 5.91 Å². The molecule has 0 N–H and O–H groups in total. The van der Waals surface area contributed by atoms with Gasteiger partial charge in [0, 0.05) is 26.1 Å². The first-order valence-corrected chi connectivity index (χ1v) is 6.10. The van der Waals surface area contributed by atoms with E-state index in [4.69, 9.17) is 0 Å². The molecule has 1 aromatic rings. The van der Waals surface area contributed by atoms with Gasteiger partial charge >= 0.3 is 0 Å². The van der Waals surface area contributed by atoms with Gasteiger partial charge in [-0.05, 0) is 24.7 Å². The van der Waals surface area contributed by atoms with Crippen molar-refractivity contribution in [2.45, 2.75) is 12.8 Å². The fourth-order valence-corrected chi connectivity index (χ4v) is 3.12. The van der Waals surface area contributed by atoms with Crippen LogP contribution in [-0.2, 0) is 11.8 Å². The second kappa shape index (κ2) is 3.72. The average molecular weight is 231 g/mol. The molecule has 0 radical (unpaired) electrons. The molecule has 4 nitrogen and oxygen atoms in total. The highest BCUT2D eigenvalue weighted by molar-refractivity contribution is 5.94. The van der Waals surface area contributed by atoms with Crippen molar-refractivity contribution in [3.63, 3.8) is 0 Å². The largest absolute Gasteiger partial charge is 0.300 e. The SMILES string of the molecule is CN(C(=O)C1CC2C=CC1C2)c1ccnn1C. The van der Waals surface area contributed by atoms with E-state index in [0.717, 1.165) is 18.7 Å². The molecule has 0 aliphatic heterocycles. The van der Waals surface area contributed by atoms with Crippen LogP contribution in [0.4, 0.5) is 5.82 Å². The summed E-state index contributed by atoms with van der Waals surface area (Å²) in [6, 6.07) is 1.88. The Balaban J connectivity index is 1.79. The second-order valence-electron chi connectivity index (χ2n) is 5.10. The molecule has 1 aromatic heterocycles. The molecule has 1 fully saturated rings. The van der Waals surface area contributed by atoms with E-state index >= 15 is 0 Å². The molecular weight excluding hydrogens is 214 g/mol. The van der Waals surface area contributed by atoms with Crippen LogP contribution in [0.2, 0.25) is 0 Å². The fraction of sp³-hybridized carbons (Fsp3) is 0.538. The van der Waals surface area contributed by atoms with Crippen molar-refractivity contribution in [3.8, 4) is 0 Å². The Hall–Kier alpha value is -1.58. The Labute approximate surface area is 101 Å². The lowest BCUT2D eigenvalue weighted by molar-refractivity contribution is -0.122. The van der Waals surface area contributed by atoms with Crippen molar-refractivity contribution in [3.05, 3.63) is 24.4 Å². The summed E-state index contributed by atoms with van der Waals surface area (Å²) in [7, 11) is 3.70. The van der Waals surface area contributed by atoms with E-state index in [1.54, 1.807) is 15.8 Å². The Bertz CT molecular complexity index is 477. The predicted molar refractivity (Wildman–Crippen MR) is 65.5 cm³/mol. The molecule has 1 saturated carbocycles. The van der Waals surface area contributed by atoms with Crippen LogP contribution in [0.1, 0.15) is 12.8 Å². The molecule has 1 amide bonds. The van der Waals surface area contributed by atoms with Gasteiger partial charge in [-0.15, -0.1) is 0 Å². The highest BCUT2D eigenvalue weighted by Gasteiger charge is 2.41. The van der Waals surface area contributed by atoms with Crippen molar-refractivity contribution < 1.29 is 4.79 Å². The molecule has 3 unspecified atom stereocenters. The van der Waals surface area contributed by atoms with Gasteiger partial charge in [-0.25, -0.2) is 0 Å². The van der Waals surface area contributed by atoms with Gasteiger partial charge in [-0.3, -0.25) is 14.4 Å². The topological polar surface area (TPSA) is 38.1 Å². The minimum absolute atomic E-state index is 0.171. The summed E-state index contributed by atoms with van der Waals surface area (Å²) in [5.74, 6) is 2.36. The Morgan fingerprint density at radius 2 is 2.29 bits per heavy atom. The quantitative estimate of drug-likeness (QED) is 0.725. The summed E-state index contributed by atoms with van der Waals surface area (Å²) in [6.07, 6.45) is 8.38. The number of nitrogens with zero attached hydrogens (tertiary/aromatic N) is 3. The van der Waals surface area contributed by atoms with Gasteiger partial charge in [-0.1, -0.05) is 12.2 Å². The normalized spacial score (nSPS) is 29.9. The number of aryl methyl sites for hydroxylation is 1. The summed E-state index contributed by atoms with van der Waals surface area (Å²) in [4.78, 5) is 14.2. The van der Waals surface area contributed by atoms with E-state index in [1.807, 2.05) is 20.2 Å². The monoisotopic (exact) mass is 231 g/mol. The number of fused-ring (bicyclic) bond motifs is 2. The molecule has 3 atom stereocenters. The molecule has 2 aliphatic carbocycles. The minimum atomic E-state index is 0.171. The van der Waals surface area contributed by atoms with Crippen LogP contribution < -0.4 is 4.90 Å². The third kappa shape index (κ3) is 1.59. The molecule has 1 heterocycles. The zero-order chi connectivity index (χ0) is 12.0. The standard InChI is InChI=1S/C13H17N3O/c1-15(12-5-6-14-16(12)2)13(17)11-8-9-3-4-10(11)7-9/h3-6,9-11H,7-8H2,1-2H3. The molecule has 4 heteroatoms. The van der Waals surface area contributed by atoms with Gasteiger partial charge in [0.15, 0.2) is 0 Å². The van der Waals surface area contributed by atoms with E-state index in [0.29, 0.717) is 11.8 Å². The van der Waals surface area contributed by atoms with Crippen LogP contribution >= 0.6 is 0 Å². The molecule has 2 aliphatic rings. The lowest BCUT2D eigenvalue weighted by Gasteiger charge is -2.24. The number of amides is 1. The van der Waals surface area contributed by atoms with Gasteiger partial charge in [-0.2, -0.15) is 5.10 Å². The average Bonchev–Trinajstić information content (AvgIpc) is 3.02. The van der Waals surface area contributed by atoms with E-state index in [-0.39, 0.29) is 11.8 Å². The van der Waals surface area contributed by atoms with Crippen molar-refractivity contribution in [2.75, 3.05) is 11.9 Å². The van der Waals surface area contributed by atoms with E-state index in [9.17, 15) is 4.79 Å². The smallest absolute Gasteiger partial charge is 0.231 e. The zero-order valence-electron chi connectivity index (χ0n) is 10.2. The zero-order valence-corrected chi connectivity index (χ0v) is 10.2. The van der Waals surface area contributed by atoms with Crippen LogP contribution in [-0.4, -0.2) is 22.7 Å². The Morgan fingerprint density at radius 1 is 1.47 bits per heavy atom. The second-order valence-corrected chi connectivity index (χ2v) is 5.10. The highest BCUT2D eigenvalue weighted by Crippen LogP contribution is 2.44. The van der Waals surface area contributed by atoms with Gasteiger partial charge < -0.3 is 0 Å². The van der Waals surface area contributed by atoms with Crippen molar-refractivity contribution in [2.24, 2.45) is 24.8 Å². The number of rotatable bonds is 2. The van der Waals surface area contributed by atoms with Crippen LogP contribution in [0.15, 0.2) is 24.4 Å². The van der Waals surface area contributed by atoms with E-state index < -0.39 is 0 Å². The van der Waals surface area contributed by atoms with E-state index in [2.05, 4.69) is 17.3 Å². The first kappa shape index (κ1) is 10.6. The fourth-order valence-electron chi connectivity index (χ4n) is 3.12. The molecule has 90 valence electrons. The highest BCUT2D eigenvalue weighted by atomic mass is 16.2. The molecular formula is C13H17N3O. The van der Waals surface area contributed by atoms with Crippen LogP contribution in [0.5, 0.6) is 0 Å². The van der Waals surface area contributed by atoms with Crippen LogP contribution in [0.3, 0.4) is 0 Å². The van der Waals surface area contributed by atoms with Crippen molar-refractivity contribution in [1.82, 2.24) is 9.78 Å². The molecule has 2 bridgehead atoms. The maximum atomic E-state index is 12.4.